The van der Waals surface area contributed by atoms with Crippen LogP contribution in [-0.4, -0.2) is 34.7 Å². The summed E-state index contributed by atoms with van der Waals surface area (Å²) in [6.45, 7) is 4.96. The van der Waals surface area contributed by atoms with Crippen molar-refractivity contribution >= 4 is 17.9 Å². The first-order valence-electron chi connectivity index (χ1n) is 6.06. The second-order valence-corrected chi connectivity index (χ2v) is 4.59. The van der Waals surface area contributed by atoms with Crippen LogP contribution in [0.25, 0.3) is 0 Å². The zero-order valence-corrected chi connectivity index (χ0v) is 11.1. The molecule has 0 aromatic heterocycles. The Kier molecular flexibility index (Phi) is 7.48. The normalized spacial score (nSPS) is 13.3. The van der Waals surface area contributed by atoms with E-state index in [-0.39, 0.29) is 19.4 Å². The summed E-state index contributed by atoms with van der Waals surface area (Å²) >= 11 is 0. The quantitative estimate of drug-likeness (QED) is 0.357. The summed E-state index contributed by atoms with van der Waals surface area (Å²) in [4.78, 5) is 32.4. The number of carboxylic acids is 2. The fraction of sp³-hybridized carbons (Fsp3) is 0.615. The lowest BCUT2D eigenvalue weighted by Gasteiger charge is -2.24. The molecule has 0 saturated carbocycles. The number of hydrogen-bond donors (Lipinski definition) is 2. The maximum Gasteiger partial charge on any atom is 0.330 e. The van der Waals surface area contributed by atoms with Crippen molar-refractivity contribution in [2.45, 2.75) is 39.0 Å². The number of carbonyl (C=O) groups excluding carboxylic acids is 1. The molecule has 0 aliphatic heterocycles. The van der Waals surface area contributed by atoms with Gasteiger partial charge in [-0.1, -0.05) is 6.58 Å². The Balaban J connectivity index is 4.15. The lowest BCUT2D eigenvalue weighted by atomic mass is 9.81. The molecular formula is C13H20O6. The van der Waals surface area contributed by atoms with Gasteiger partial charge in [0, 0.05) is 12.5 Å². The Bertz CT molecular complexity index is 349. The first-order chi connectivity index (χ1) is 8.81. The van der Waals surface area contributed by atoms with Crippen molar-refractivity contribution in [3.05, 3.63) is 12.7 Å². The van der Waals surface area contributed by atoms with Crippen molar-refractivity contribution in [1.82, 2.24) is 0 Å². The van der Waals surface area contributed by atoms with Crippen LogP contribution in [0, 0.1) is 5.41 Å². The van der Waals surface area contributed by atoms with Crippen LogP contribution in [-0.2, 0) is 19.1 Å². The molecule has 6 heteroatoms. The molecule has 1 atom stereocenters. The van der Waals surface area contributed by atoms with E-state index in [2.05, 4.69) is 6.58 Å². The van der Waals surface area contributed by atoms with Crippen LogP contribution in [0.4, 0.5) is 0 Å². The molecule has 0 aliphatic rings. The highest BCUT2D eigenvalue weighted by atomic mass is 16.5. The van der Waals surface area contributed by atoms with Gasteiger partial charge in [-0.05, 0) is 32.6 Å². The van der Waals surface area contributed by atoms with E-state index < -0.39 is 23.3 Å². The SMILES string of the molecule is C=CC(=O)OCCCC(C)(CCCC(=O)O)C(=O)O. The average molecular weight is 272 g/mol. The summed E-state index contributed by atoms with van der Waals surface area (Å²) in [5.41, 5.74) is -0.990. The number of carboxylic acid groups (broad SMARTS) is 2. The van der Waals surface area contributed by atoms with Gasteiger partial charge in [-0.15, -0.1) is 0 Å². The molecule has 0 aromatic carbocycles. The summed E-state index contributed by atoms with van der Waals surface area (Å²) in [6.07, 6.45) is 2.33. The molecule has 19 heavy (non-hydrogen) atoms. The highest BCUT2D eigenvalue weighted by molar-refractivity contribution is 5.81. The third kappa shape index (κ3) is 7.23. The molecule has 0 amide bonds. The molecule has 1 unspecified atom stereocenters. The first kappa shape index (κ1) is 17.2. The Morgan fingerprint density at radius 3 is 2.26 bits per heavy atom. The summed E-state index contributed by atoms with van der Waals surface area (Å²) < 4.78 is 4.76. The summed E-state index contributed by atoms with van der Waals surface area (Å²) in [5, 5.41) is 17.7. The Hall–Kier alpha value is -1.85. The Labute approximate surface area is 112 Å². The third-order valence-electron chi connectivity index (χ3n) is 2.92. The molecule has 0 spiro atoms. The molecule has 0 aliphatic carbocycles. The Morgan fingerprint density at radius 1 is 1.21 bits per heavy atom. The van der Waals surface area contributed by atoms with Crippen LogP contribution in [0.1, 0.15) is 39.0 Å². The van der Waals surface area contributed by atoms with Crippen LogP contribution in [0.2, 0.25) is 0 Å². The number of carbonyl (C=O) groups is 3. The molecular weight excluding hydrogens is 252 g/mol. The molecule has 6 nitrogen and oxygen atoms in total. The highest BCUT2D eigenvalue weighted by Gasteiger charge is 2.32. The minimum atomic E-state index is -0.990. The predicted molar refractivity (Wildman–Crippen MR) is 67.6 cm³/mol. The van der Waals surface area contributed by atoms with Crippen molar-refractivity contribution in [3.8, 4) is 0 Å². The summed E-state index contributed by atoms with van der Waals surface area (Å²) in [6, 6.07) is 0. The van der Waals surface area contributed by atoms with Gasteiger partial charge in [0.05, 0.1) is 12.0 Å². The summed E-state index contributed by atoms with van der Waals surface area (Å²) in [5.74, 6) is -2.44. The van der Waals surface area contributed by atoms with E-state index in [0.717, 1.165) is 6.08 Å². The molecule has 0 heterocycles. The Morgan fingerprint density at radius 2 is 1.79 bits per heavy atom. The van der Waals surface area contributed by atoms with Gasteiger partial charge < -0.3 is 14.9 Å². The lowest BCUT2D eigenvalue weighted by molar-refractivity contribution is -0.150. The topological polar surface area (TPSA) is 101 Å². The molecule has 0 rings (SSSR count). The van der Waals surface area contributed by atoms with Crippen LogP contribution < -0.4 is 0 Å². The number of aliphatic carboxylic acids is 2. The fourth-order valence-electron chi connectivity index (χ4n) is 1.66. The van der Waals surface area contributed by atoms with E-state index >= 15 is 0 Å². The first-order valence-corrected chi connectivity index (χ1v) is 6.06. The van der Waals surface area contributed by atoms with E-state index in [9.17, 15) is 19.5 Å². The monoisotopic (exact) mass is 272 g/mol. The van der Waals surface area contributed by atoms with Gasteiger partial charge in [0.2, 0.25) is 0 Å². The number of esters is 1. The van der Waals surface area contributed by atoms with Crippen molar-refractivity contribution < 1.29 is 29.3 Å². The minimum Gasteiger partial charge on any atom is -0.481 e. The fourth-order valence-corrected chi connectivity index (χ4v) is 1.66. The van der Waals surface area contributed by atoms with Gasteiger partial charge in [0.15, 0.2) is 0 Å². The van der Waals surface area contributed by atoms with Crippen molar-refractivity contribution in [1.29, 1.82) is 0 Å². The van der Waals surface area contributed by atoms with E-state index in [4.69, 9.17) is 9.84 Å². The van der Waals surface area contributed by atoms with Gasteiger partial charge in [-0.25, -0.2) is 4.79 Å². The largest absolute Gasteiger partial charge is 0.481 e. The smallest absolute Gasteiger partial charge is 0.330 e. The van der Waals surface area contributed by atoms with Gasteiger partial charge in [-0.3, -0.25) is 9.59 Å². The number of rotatable bonds is 10. The third-order valence-corrected chi connectivity index (χ3v) is 2.92. The zero-order chi connectivity index (χ0) is 14.9. The number of hydrogen-bond acceptors (Lipinski definition) is 4. The van der Waals surface area contributed by atoms with E-state index in [1.165, 1.54) is 0 Å². The van der Waals surface area contributed by atoms with Gasteiger partial charge in [0.25, 0.3) is 0 Å². The van der Waals surface area contributed by atoms with Crippen molar-refractivity contribution in [2.75, 3.05) is 6.61 Å². The van der Waals surface area contributed by atoms with Crippen molar-refractivity contribution in [3.63, 3.8) is 0 Å². The van der Waals surface area contributed by atoms with Gasteiger partial charge in [0.1, 0.15) is 0 Å². The van der Waals surface area contributed by atoms with Gasteiger partial charge in [-0.2, -0.15) is 0 Å². The average Bonchev–Trinajstić information content (AvgIpc) is 2.33. The van der Waals surface area contributed by atoms with E-state index in [0.29, 0.717) is 19.3 Å². The van der Waals surface area contributed by atoms with Crippen LogP contribution in [0.5, 0.6) is 0 Å². The zero-order valence-electron chi connectivity index (χ0n) is 11.1. The summed E-state index contributed by atoms with van der Waals surface area (Å²) in [7, 11) is 0. The maximum atomic E-state index is 11.2. The standard InChI is InChI=1S/C13H20O6/c1-3-11(16)19-9-5-8-13(2,12(17)18)7-4-6-10(14)15/h3H,1,4-9H2,2H3,(H,14,15)(H,17,18). The molecule has 0 aromatic rings. The van der Waals surface area contributed by atoms with Crippen LogP contribution >= 0.6 is 0 Å². The van der Waals surface area contributed by atoms with Crippen LogP contribution in [0.15, 0.2) is 12.7 Å². The molecule has 0 bridgehead atoms. The van der Waals surface area contributed by atoms with Crippen molar-refractivity contribution in [2.24, 2.45) is 5.41 Å². The predicted octanol–water partition coefficient (Wildman–Crippen LogP) is 1.84. The van der Waals surface area contributed by atoms with Gasteiger partial charge >= 0.3 is 17.9 Å². The molecule has 0 saturated heterocycles. The minimum absolute atomic E-state index is 0.0473. The highest BCUT2D eigenvalue weighted by Crippen LogP contribution is 2.30. The van der Waals surface area contributed by atoms with Crippen LogP contribution in [0.3, 0.4) is 0 Å². The second-order valence-electron chi connectivity index (χ2n) is 4.59. The molecule has 2 N–H and O–H groups in total. The maximum absolute atomic E-state index is 11.2. The van der Waals surface area contributed by atoms with E-state index in [1.807, 2.05) is 0 Å². The number of ether oxygens (including phenoxy) is 1. The second kappa shape index (κ2) is 8.29. The lowest BCUT2D eigenvalue weighted by Crippen LogP contribution is -2.28. The molecule has 0 fully saturated rings. The van der Waals surface area contributed by atoms with E-state index in [1.54, 1.807) is 6.92 Å². The molecule has 0 radical (unpaired) electrons. The molecule has 108 valence electrons.